The number of hydrogen-bond donors (Lipinski definition) is 0. The Hall–Kier alpha value is -4.80. The number of aromatic nitrogens is 2. The Labute approximate surface area is 266 Å². The smallest absolute Gasteiger partial charge is 0.357 e. The minimum absolute atomic E-state index is 0. The van der Waals surface area contributed by atoms with Gasteiger partial charge in [0.25, 0.3) is 0 Å². The third-order valence-corrected chi connectivity index (χ3v) is 8.70. The molecule has 2 aromatic heterocycles. The number of aliphatic imine (C=N–C) groups is 2. The summed E-state index contributed by atoms with van der Waals surface area (Å²) in [4.78, 5) is 40.2. The number of allylic oxidation sites excluding steroid dienone is 2. The van der Waals surface area contributed by atoms with Crippen LogP contribution in [-0.2, 0) is 32.4 Å². The first-order chi connectivity index (χ1) is 21.6. The molecule has 0 saturated carbocycles. The summed E-state index contributed by atoms with van der Waals surface area (Å²) in [5.74, 6) is -2.09. The van der Waals surface area contributed by atoms with Gasteiger partial charge >= 0.3 is 17.1 Å². The van der Waals surface area contributed by atoms with Crippen molar-refractivity contribution in [3.05, 3.63) is 130 Å². The number of nitrogens with zero attached hydrogens (tertiary/aromatic N) is 8. The van der Waals surface area contributed by atoms with Crippen molar-refractivity contribution in [1.29, 1.82) is 0 Å². The predicted octanol–water partition coefficient (Wildman–Crippen LogP) is 2.38. The molecule has 2 unspecified atom stereocenters. The van der Waals surface area contributed by atoms with E-state index in [1.165, 1.54) is 0 Å². The average Bonchev–Trinajstić information content (AvgIpc) is 3.78. The maximum atomic E-state index is 6.16. The zero-order valence-electron chi connectivity index (χ0n) is 24.1. The molecule has 4 aliphatic rings. The molecule has 3 aromatic carbocycles. The first-order valence-electron chi connectivity index (χ1n) is 14.4. The fourth-order valence-electron chi connectivity index (χ4n) is 6.58. The van der Waals surface area contributed by atoms with E-state index >= 15 is 0 Å². The summed E-state index contributed by atoms with van der Waals surface area (Å²) < 4.78 is 12.3. The van der Waals surface area contributed by atoms with E-state index < -0.39 is 11.7 Å². The molecule has 1 radical (unpaired) electrons. The van der Waals surface area contributed by atoms with Crippen LogP contribution in [0.5, 0.6) is 0 Å². The van der Waals surface area contributed by atoms with Crippen LogP contribution in [0.1, 0.15) is 11.1 Å². The fourth-order valence-corrected chi connectivity index (χ4v) is 6.58. The minimum atomic E-state index is -1.40. The number of amidine groups is 2. The van der Waals surface area contributed by atoms with E-state index in [2.05, 4.69) is 12.2 Å². The molecule has 1 aliphatic carbocycles. The summed E-state index contributed by atoms with van der Waals surface area (Å²) in [7, 11) is 3.21. The molecule has 0 spiro atoms. The minimum Gasteiger partial charge on any atom is -0.357 e. The summed E-state index contributed by atoms with van der Waals surface area (Å²) in [5.41, 5.74) is 3.50. The van der Waals surface area contributed by atoms with E-state index in [0.717, 1.165) is 32.7 Å². The normalized spacial score (nSPS) is 27.2. The molecule has 45 heavy (non-hydrogen) atoms. The number of hydrogen-bond acceptors (Lipinski definition) is 8. The van der Waals surface area contributed by atoms with Crippen molar-refractivity contribution in [2.45, 2.75) is 11.7 Å². The van der Waals surface area contributed by atoms with Gasteiger partial charge in [0.05, 0.1) is 11.7 Å². The molecule has 4 atom stereocenters. The van der Waals surface area contributed by atoms with Crippen LogP contribution in [0, 0.1) is 11.8 Å². The van der Waals surface area contributed by atoms with Crippen LogP contribution in [0.4, 0.5) is 0 Å². The van der Waals surface area contributed by atoms with Crippen molar-refractivity contribution in [2.75, 3.05) is 14.2 Å². The van der Waals surface area contributed by atoms with E-state index in [1.807, 2.05) is 84.9 Å². The summed E-state index contributed by atoms with van der Waals surface area (Å²) in [6.45, 7) is 0. The molecule has 0 amide bonds. The van der Waals surface area contributed by atoms with Crippen LogP contribution in [0.15, 0.2) is 127 Å². The Balaban J connectivity index is 0.00000300. The van der Waals surface area contributed by atoms with Crippen LogP contribution in [-0.4, -0.2) is 31.7 Å². The average molecular weight is 640 g/mol. The molecule has 0 N–H and O–H groups in total. The second kappa shape index (κ2) is 10.1. The van der Waals surface area contributed by atoms with Crippen molar-refractivity contribution in [3.8, 4) is 0 Å². The van der Waals surface area contributed by atoms with Gasteiger partial charge in [-0.05, 0) is 21.5 Å². The van der Waals surface area contributed by atoms with E-state index in [9.17, 15) is 0 Å². The zero-order chi connectivity index (χ0) is 29.5. The molecule has 0 saturated heterocycles. The molecule has 5 heterocycles. The van der Waals surface area contributed by atoms with Gasteiger partial charge in [-0.1, -0.05) is 97.1 Å². The van der Waals surface area contributed by atoms with Crippen LogP contribution >= 0.6 is 0 Å². The summed E-state index contributed by atoms with van der Waals surface area (Å²) in [6, 6.07) is 23.6. The van der Waals surface area contributed by atoms with Gasteiger partial charge in [0.1, 0.15) is 0 Å². The van der Waals surface area contributed by atoms with Gasteiger partial charge in [-0.25, -0.2) is 9.98 Å². The molecule has 8 bridgehead atoms. The molecule has 11 heteroatoms. The van der Waals surface area contributed by atoms with Crippen LogP contribution in [0.3, 0.4) is 0 Å². The summed E-state index contributed by atoms with van der Waals surface area (Å²) in [5, 5.41) is 3.34. The quantitative estimate of drug-likeness (QED) is 0.276. The molecular weight excluding hydrogens is 616 g/mol. The van der Waals surface area contributed by atoms with Crippen LogP contribution in [0.2, 0.25) is 0 Å². The van der Waals surface area contributed by atoms with Gasteiger partial charge in [-0.2, -0.15) is 0 Å². The van der Waals surface area contributed by atoms with Crippen molar-refractivity contribution in [1.82, 2.24) is 9.97 Å². The molecule has 10 nitrogen and oxygen atoms in total. The van der Waals surface area contributed by atoms with Crippen LogP contribution < -0.4 is 31.9 Å². The first-order valence-corrected chi connectivity index (χ1v) is 14.4. The van der Waals surface area contributed by atoms with E-state index in [1.54, 1.807) is 14.2 Å². The van der Waals surface area contributed by atoms with Crippen molar-refractivity contribution in [2.24, 2.45) is 41.8 Å². The van der Waals surface area contributed by atoms with Gasteiger partial charge in [-0.3, -0.25) is 0 Å². The largest absolute Gasteiger partial charge is 2.00 e. The third-order valence-electron chi connectivity index (χ3n) is 8.70. The van der Waals surface area contributed by atoms with Gasteiger partial charge < -0.3 is 39.4 Å². The van der Waals surface area contributed by atoms with E-state index in [0.29, 0.717) is 33.6 Å². The molecule has 223 valence electrons. The molecule has 5 aromatic rings. The Morgan fingerprint density at radius 2 is 1.22 bits per heavy atom. The fraction of sp³-hybridized carbons (Fsp3) is 0.176. The molecule has 3 aliphatic heterocycles. The van der Waals surface area contributed by atoms with Crippen molar-refractivity contribution >= 4 is 33.2 Å². The Kier molecular flexibility index (Phi) is 6.23. The Bertz CT molecular complexity index is 2420. The van der Waals surface area contributed by atoms with Crippen molar-refractivity contribution < 1.29 is 26.5 Å². The SMILES string of the molecule is CO[C@@]12N=C(N=c3[n-]/c(c4ccccc34)=N\[C@@]3(OC)N=C(N=c4[n-]/c(c5ccccc45)=N\1)C1C=CC=CC13)c1ccccc12.[Cu+2]. The topological polar surface area (TPSA) is 121 Å². The number of methoxy groups -OCH3 is 2. The van der Waals surface area contributed by atoms with Crippen molar-refractivity contribution in [3.63, 3.8) is 0 Å². The first kappa shape index (κ1) is 27.7. The van der Waals surface area contributed by atoms with Gasteiger partial charge in [-0.15, -0.1) is 0 Å². The second-order valence-corrected chi connectivity index (χ2v) is 11.0. The van der Waals surface area contributed by atoms with Gasteiger partial charge in [0.2, 0.25) is 11.7 Å². The number of ether oxygens (including phenoxy) is 2. The second-order valence-electron chi connectivity index (χ2n) is 11.0. The number of fused-ring (bicyclic) bond motifs is 18. The predicted molar refractivity (Wildman–Crippen MR) is 163 cm³/mol. The number of rotatable bonds is 2. The molecule has 0 fully saturated rings. The van der Waals surface area contributed by atoms with Crippen LogP contribution in [0.25, 0.3) is 21.5 Å². The van der Waals surface area contributed by atoms with E-state index in [-0.39, 0.29) is 28.9 Å². The Morgan fingerprint density at radius 3 is 1.91 bits per heavy atom. The third kappa shape index (κ3) is 3.95. The van der Waals surface area contributed by atoms with Gasteiger partial charge in [0.15, 0.2) is 0 Å². The number of benzene rings is 3. The summed E-state index contributed by atoms with van der Waals surface area (Å²) in [6.07, 6.45) is 8.14. The molecular formula is C34H24CuN8O2. The summed E-state index contributed by atoms with van der Waals surface area (Å²) >= 11 is 0. The Morgan fingerprint density at radius 1 is 0.622 bits per heavy atom. The maximum Gasteiger partial charge on any atom is 2.00 e. The maximum absolute atomic E-state index is 6.16. The standard InChI is InChI=1S/C34H24N8O2.Cu/c1-43-33-25-17-9-7-15-23(25)31(41-33)37-28-20-12-4-6-14-22(20)30(36-28)40-34(44-2)26-18-10-8-16-24(26)32(42-34)38-27-19-11-3-5-13-21(19)29(35-27)39-33;/h3-18,23,25H,1-2H3;/q-2;+2/t23?,25?,33-,34-;/m1./s1. The zero-order valence-corrected chi connectivity index (χ0v) is 25.0. The monoisotopic (exact) mass is 639 g/mol. The van der Waals surface area contributed by atoms with Gasteiger partial charge in [0, 0.05) is 59.1 Å². The van der Waals surface area contributed by atoms with E-state index in [4.69, 9.17) is 49.4 Å². The molecule has 9 rings (SSSR count).